The topological polar surface area (TPSA) is 52.9 Å². The highest BCUT2D eigenvalue weighted by atomic mass is 35.5. The van der Waals surface area contributed by atoms with Crippen molar-refractivity contribution in [2.24, 2.45) is 4.99 Å². The van der Waals surface area contributed by atoms with Gasteiger partial charge in [-0.05, 0) is 84.6 Å². The molecule has 1 aliphatic rings. The van der Waals surface area contributed by atoms with E-state index in [0.717, 1.165) is 0 Å². The molecule has 1 saturated heterocycles. The maximum atomic E-state index is 13.2. The first kappa shape index (κ1) is 20.8. The number of phenols is 1. The Morgan fingerprint density at radius 1 is 0.867 bits per heavy atom. The summed E-state index contributed by atoms with van der Waals surface area (Å²) in [6.45, 7) is 0. The summed E-state index contributed by atoms with van der Waals surface area (Å²) >= 11 is 19.2. The zero-order chi connectivity index (χ0) is 21.3. The molecular weight excluding hydrogens is 463 g/mol. The smallest absolute Gasteiger partial charge is 0.271 e. The standard InChI is InChI=1S/C22H13Cl3N2O2S/c23-14-1-6-17(7-2-14)26-22-27(18-8-3-15(24)4-9-18)21(29)20(30-22)12-13-11-16(25)5-10-19(13)28/h1-12,28H/b20-12-,26-22?. The van der Waals surface area contributed by atoms with Crippen LogP contribution < -0.4 is 4.90 Å². The van der Waals surface area contributed by atoms with E-state index < -0.39 is 0 Å². The lowest BCUT2D eigenvalue weighted by Crippen LogP contribution is -2.28. The van der Waals surface area contributed by atoms with E-state index in [1.807, 2.05) is 0 Å². The largest absolute Gasteiger partial charge is 0.507 e. The molecule has 0 saturated carbocycles. The normalized spacial score (nSPS) is 16.6. The number of thioether (sulfide) groups is 1. The molecule has 1 heterocycles. The number of anilines is 1. The fraction of sp³-hybridized carbons (Fsp3) is 0. The average Bonchev–Trinajstić information content (AvgIpc) is 3.02. The molecule has 0 aromatic heterocycles. The molecule has 4 rings (SSSR count). The maximum Gasteiger partial charge on any atom is 0.271 e. The molecule has 0 atom stereocenters. The first-order chi connectivity index (χ1) is 14.4. The van der Waals surface area contributed by atoms with Crippen molar-refractivity contribution in [1.82, 2.24) is 0 Å². The van der Waals surface area contributed by atoms with Gasteiger partial charge < -0.3 is 5.11 Å². The number of hydrogen-bond donors (Lipinski definition) is 1. The van der Waals surface area contributed by atoms with Crippen LogP contribution >= 0.6 is 46.6 Å². The molecule has 1 N–H and O–H groups in total. The molecule has 1 fully saturated rings. The molecule has 3 aromatic rings. The van der Waals surface area contributed by atoms with Crippen molar-refractivity contribution in [3.63, 3.8) is 0 Å². The number of carbonyl (C=O) groups excluding carboxylic acids is 1. The second kappa shape index (κ2) is 8.74. The first-order valence-corrected chi connectivity index (χ1v) is 10.7. The second-order valence-electron chi connectivity index (χ2n) is 6.30. The lowest BCUT2D eigenvalue weighted by molar-refractivity contribution is -0.113. The number of amidine groups is 1. The molecule has 3 aromatic carbocycles. The minimum Gasteiger partial charge on any atom is -0.507 e. The van der Waals surface area contributed by atoms with Crippen LogP contribution in [0.15, 0.2) is 76.6 Å². The van der Waals surface area contributed by atoms with E-state index in [1.165, 1.54) is 22.7 Å². The summed E-state index contributed by atoms with van der Waals surface area (Å²) in [6, 6.07) is 18.6. The number of aromatic hydroxyl groups is 1. The number of carbonyl (C=O) groups is 1. The number of halogens is 3. The SMILES string of the molecule is O=C1/C(=C/c2cc(Cl)ccc2O)SC(=Nc2ccc(Cl)cc2)N1c1ccc(Cl)cc1. The molecule has 30 heavy (non-hydrogen) atoms. The summed E-state index contributed by atoms with van der Waals surface area (Å²) in [6.07, 6.45) is 1.60. The van der Waals surface area contributed by atoms with Crippen molar-refractivity contribution >= 4 is 75.1 Å². The van der Waals surface area contributed by atoms with Crippen molar-refractivity contribution < 1.29 is 9.90 Å². The highest BCUT2D eigenvalue weighted by Crippen LogP contribution is 2.38. The van der Waals surface area contributed by atoms with E-state index >= 15 is 0 Å². The third-order valence-corrected chi connectivity index (χ3v) is 5.93. The Kier molecular flexibility index (Phi) is 6.06. The maximum absolute atomic E-state index is 13.2. The highest BCUT2D eigenvalue weighted by Gasteiger charge is 2.35. The molecule has 0 bridgehead atoms. The van der Waals surface area contributed by atoms with E-state index in [1.54, 1.807) is 66.7 Å². The number of nitrogens with zero attached hydrogens (tertiary/aromatic N) is 2. The Bertz CT molecular complexity index is 1180. The molecule has 0 radical (unpaired) electrons. The molecule has 0 spiro atoms. The van der Waals surface area contributed by atoms with Gasteiger partial charge in [-0.2, -0.15) is 0 Å². The Balaban J connectivity index is 1.79. The van der Waals surface area contributed by atoms with Gasteiger partial charge in [0.15, 0.2) is 5.17 Å². The van der Waals surface area contributed by atoms with Gasteiger partial charge in [0, 0.05) is 20.6 Å². The van der Waals surface area contributed by atoms with E-state index in [4.69, 9.17) is 34.8 Å². The minimum absolute atomic E-state index is 0.0291. The van der Waals surface area contributed by atoms with Gasteiger partial charge in [-0.25, -0.2) is 4.99 Å². The summed E-state index contributed by atoms with van der Waals surface area (Å²) < 4.78 is 0. The zero-order valence-electron chi connectivity index (χ0n) is 15.2. The van der Waals surface area contributed by atoms with Gasteiger partial charge in [-0.15, -0.1) is 0 Å². The summed E-state index contributed by atoms with van der Waals surface area (Å²) in [5.74, 6) is -0.240. The van der Waals surface area contributed by atoms with Crippen molar-refractivity contribution in [3.8, 4) is 5.75 Å². The van der Waals surface area contributed by atoms with Crippen LogP contribution in [0, 0.1) is 0 Å². The molecule has 4 nitrogen and oxygen atoms in total. The van der Waals surface area contributed by atoms with Crippen molar-refractivity contribution in [2.75, 3.05) is 4.90 Å². The van der Waals surface area contributed by atoms with Crippen LogP contribution in [-0.4, -0.2) is 16.2 Å². The van der Waals surface area contributed by atoms with Crippen LogP contribution in [0.3, 0.4) is 0 Å². The van der Waals surface area contributed by atoms with Crippen molar-refractivity contribution in [3.05, 3.63) is 92.3 Å². The summed E-state index contributed by atoms with van der Waals surface area (Å²) in [7, 11) is 0. The first-order valence-electron chi connectivity index (χ1n) is 8.73. The lowest BCUT2D eigenvalue weighted by Gasteiger charge is -2.15. The van der Waals surface area contributed by atoms with Crippen LogP contribution in [0.1, 0.15) is 5.56 Å². The van der Waals surface area contributed by atoms with Gasteiger partial charge in [0.1, 0.15) is 5.75 Å². The van der Waals surface area contributed by atoms with Crippen LogP contribution in [0.4, 0.5) is 11.4 Å². The molecule has 8 heteroatoms. The predicted molar refractivity (Wildman–Crippen MR) is 126 cm³/mol. The second-order valence-corrected chi connectivity index (χ2v) is 8.62. The van der Waals surface area contributed by atoms with E-state index in [9.17, 15) is 9.90 Å². The number of aliphatic imine (C=N–C) groups is 1. The van der Waals surface area contributed by atoms with Gasteiger partial charge in [0.2, 0.25) is 0 Å². The predicted octanol–water partition coefficient (Wildman–Crippen LogP) is 7.16. The molecule has 150 valence electrons. The monoisotopic (exact) mass is 474 g/mol. The van der Waals surface area contributed by atoms with Gasteiger partial charge in [0.25, 0.3) is 5.91 Å². The third-order valence-electron chi connectivity index (χ3n) is 4.22. The van der Waals surface area contributed by atoms with Gasteiger partial charge >= 0.3 is 0 Å². The van der Waals surface area contributed by atoms with Crippen molar-refractivity contribution in [2.45, 2.75) is 0 Å². The molecular formula is C22H13Cl3N2O2S. The Hall–Kier alpha value is -2.44. The fourth-order valence-corrected chi connectivity index (χ4v) is 4.20. The molecule has 1 aliphatic heterocycles. The molecule has 0 unspecified atom stereocenters. The summed E-state index contributed by atoms with van der Waals surface area (Å²) in [5.41, 5.74) is 1.73. The third kappa shape index (κ3) is 4.50. The molecule has 1 amide bonds. The van der Waals surface area contributed by atoms with Gasteiger partial charge in [-0.1, -0.05) is 34.8 Å². The average molecular weight is 476 g/mol. The van der Waals surface area contributed by atoms with Crippen LogP contribution in [0.5, 0.6) is 5.75 Å². The van der Waals surface area contributed by atoms with E-state index in [2.05, 4.69) is 4.99 Å². The quantitative estimate of drug-likeness (QED) is 0.409. The number of amides is 1. The van der Waals surface area contributed by atoms with E-state index in [0.29, 0.717) is 42.1 Å². The zero-order valence-corrected chi connectivity index (χ0v) is 18.3. The Labute approximate surface area is 192 Å². The fourth-order valence-electron chi connectivity index (χ4n) is 2.77. The van der Waals surface area contributed by atoms with Crippen LogP contribution in [-0.2, 0) is 4.79 Å². The van der Waals surface area contributed by atoms with Crippen LogP contribution in [0.25, 0.3) is 6.08 Å². The number of hydrogen-bond acceptors (Lipinski definition) is 4. The van der Waals surface area contributed by atoms with Gasteiger partial charge in [-0.3, -0.25) is 9.69 Å². The van der Waals surface area contributed by atoms with E-state index in [-0.39, 0.29) is 11.7 Å². The Morgan fingerprint density at radius 3 is 2.13 bits per heavy atom. The number of phenolic OH excluding ortho intramolecular Hbond substituents is 1. The van der Waals surface area contributed by atoms with Gasteiger partial charge in [0.05, 0.1) is 16.3 Å². The van der Waals surface area contributed by atoms with Crippen molar-refractivity contribution in [1.29, 1.82) is 0 Å². The number of benzene rings is 3. The summed E-state index contributed by atoms with van der Waals surface area (Å²) in [4.78, 5) is 19.8. The minimum atomic E-state index is -0.269. The molecule has 0 aliphatic carbocycles. The summed E-state index contributed by atoms with van der Waals surface area (Å²) in [5, 5.41) is 12.2. The van der Waals surface area contributed by atoms with Crippen LogP contribution in [0.2, 0.25) is 15.1 Å². The Morgan fingerprint density at radius 2 is 1.47 bits per heavy atom. The number of rotatable bonds is 3. The highest BCUT2D eigenvalue weighted by molar-refractivity contribution is 8.19. The lowest BCUT2D eigenvalue weighted by atomic mass is 10.2.